The molecule has 0 fully saturated rings. The molecule has 2 amide bonds. The van der Waals surface area contributed by atoms with Crippen molar-refractivity contribution < 1.29 is 19.1 Å². The standard InChI is InChI=1S/C25H20N4O4S/c30-24(15-34-17-7-8-22-23(12-17)33-11-10-32-22)28-29-25(31)19-13-21(16-4-3-9-26-14-16)27-20-6-2-1-5-18(19)20/h1-9,12-14H,10-11,15H2,(H,28,30)(H,29,31). The van der Waals surface area contributed by atoms with Crippen LogP contribution in [0.1, 0.15) is 10.4 Å². The van der Waals surface area contributed by atoms with E-state index >= 15 is 0 Å². The fraction of sp³-hybridized carbons (Fsp3) is 0.120. The molecule has 2 aromatic carbocycles. The van der Waals surface area contributed by atoms with Gasteiger partial charge in [0.25, 0.3) is 5.91 Å². The first-order valence-electron chi connectivity index (χ1n) is 10.6. The molecule has 0 bridgehead atoms. The van der Waals surface area contributed by atoms with Gasteiger partial charge in [0.1, 0.15) is 13.2 Å². The largest absolute Gasteiger partial charge is 0.486 e. The van der Waals surface area contributed by atoms with Crippen molar-refractivity contribution in [2.24, 2.45) is 0 Å². The molecule has 34 heavy (non-hydrogen) atoms. The first-order chi connectivity index (χ1) is 16.7. The summed E-state index contributed by atoms with van der Waals surface area (Å²) in [5, 5.41) is 0.688. The quantitative estimate of drug-likeness (QED) is 0.338. The Hall–Kier alpha value is -4.11. The van der Waals surface area contributed by atoms with Gasteiger partial charge in [0.05, 0.1) is 22.5 Å². The van der Waals surface area contributed by atoms with Crippen LogP contribution in [0.3, 0.4) is 0 Å². The second-order valence-electron chi connectivity index (χ2n) is 7.41. The van der Waals surface area contributed by atoms with Gasteiger partial charge in [-0.2, -0.15) is 0 Å². The number of aromatic nitrogens is 2. The van der Waals surface area contributed by atoms with Crippen LogP contribution >= 0.6 is 11.8 Å². The highest BCUT2D eigenvalue weighted by Gasteiger charge is 2.16. The molecule has 3 heterocycles. The predicted octanol–water partition coefficient (Wildman–Crippen LogP) is 3.62. The SMILES string of the molecule is O=C(CSc1ccc2c(c1)OCCO2)NNC(=O)c1cc(-c2cccnc2)nc2ccccc12. The van der Waals surface area contributed by atoms with E-state index in [0.29, 0.717) is 46.9 Å². The second-order valence-corrected chi connectivity index (χ2v) is 8.46. The molecule has 5 rings (SSSR count). The van der Waals surface area contributed by atoms with Crippen LogP contribution < -0.4 is 20.3 Å². The van der Waals surface area contributed by atoms with Gasteiger partial charge in [-0.25, -0.2) is 4.98 Å². The van der Waals surface area contributed by atoms with Crippen molar-refractivity contribution in [3.63, 3.8) is 0 Å². The molecule has 0 saturated heterocycles. The monoisotopic (exact) mass is 472 g/mol. The number of nitrogens with one attached hydrogen (secondary N) is 2. The van der Waals surface area contributed by atoms with Gasteiger partial charge in [-0.05, 0) is 42.5 Å². The van der Waals surface area contributed by atoms with Crippen molar-refractivity contribution in [1.29, 1.82) is 0 Å². The Morgan fingerprint density at radius 3 is 2.65 bits per heavy atom. The Labute approximate surface area is 199 Å². The van der Waals surface area contributed by atoms with Gasteiger partial charge < -0.3 is 9.47 Å². The number of rotatable bonds is 5. The number of benzene rings is 2. The first-order valence-corrected chi connectivity index (χ1v) is 11.6. The lowest BCUT2D eigenvalue weighted by Gasteiger charge is -2.18. The topological polar surface area (TPSA) is 102 Å². The van der Waals surface area contributed by atoms with Gasteiger partial charge in [0.2, 0.25) is 5.91 Å². The normalized spacial score (nSPS) is 12.2. The number of hydrazine groups is 1. The molecule has 1 aliphatic rings. The Bertz CT molecular complexity index is 1360. The number of para-hydroxylation sites is 1. The Kier molecular flexibility index (Phi) is 6.26. The molecule has 0 unspecified atom stereocenters. The molecule has 170 valence electrons. The van der Waals surface area contributed by atoms with Gasteiger partial charge in [-0.1, -0.05) is 18.2 Å². The molecule has 1 aliphatic heterocycles. The number of amides is 2. The highest BCUT2D eigenvalue weighted by atomic mass is 32.2. The van der Waals surface area contributed by atoms with Gasteiger partial charge in [0, 0.05) is 28.2 Å². The van der Waals surface area contributed by atoms with Crippen molar-refractivity contribution in [2.75, 3.05) is 19.0 Å². The minimum absolute atomic E-state index is 0.123. The summed E-state index contributed by atoms with van der Waals surface area (Å²) < 4.78 is 11.1. The number of carbonyl (C=O) groups excluding carboxylic acids is 2. The molecule has 0 spiro atoms. The average Bonchev–Trinajstić information content (AvgIpc) is 2.90. The Morgan fingerprint density at radius 2 is 1.79 bits per heavy atom. The highest BCUT2D eigenvalue weighted by Crippen LogP contribution is 2.34. The summed E-state index contributed by atoms with van der Waals surface area (Å²) in [6.07, 6.45) is 3.37. The Balaban J connectivity index is 1.26. The van der Waals surface area contributed by atoms with Gasteiger partial charge in [-0.3, -0.25) is 25.4 Å². The molecule has 4 aromatic rings. The van der Waals surface area contributed by atoms with Crippen molar-refractivity contribution in [2.45, 2.75) is 4.90 Å². The van der Waals surface area contributed by atoms with Crippen molar-refractivity contribution >= 4 is 34.5 Å². The van der Waals surface area contributed by atoms with E-state index in [1.54, 1.807) is 18.5 Å². The van der Waals surface area contributed by atoms with E-state index in [0.717, 1.165) is 10.5 Å². The van der Waals surface area contributed by atoms with Crippen LogP contribution in [0, 0.1) is 0 Å². The van der Waals surface area contributed by atoms with Gasteiger partial charge in [-0.15, -0.1) is 11.8 Å². The summed E-state index contributed by atoms with van der Waals surface area (Å²) in [5.41, 5.74) is 7.50. The summed E-state index contributed by atoms with van der Waals surface area (Å²) in [6, 6.07) is 18.3. The molecule has 2 N–H and O–H groups in total. The number of nitrogens with zero attached hydrogens (tertiary/aromatic N) is 2. The average molecular weight is 473 g/mol. The number of pyridine rings is 2. The van der Waals surface area contributed by atoms with Gasteiger partial charge >= 0.3 is 0 Å². The number of ether oxygens (including phenoxy) is 2. The molecule has 8 nitrogen and oxygen atoms in total. The first kappa shape index (κ1) is 21.7. The molecule has 9 heteroatoms. The highest BCUT2D eigenvalue weighted by molar-refractivity contribution is 8.00. The van der Waals surface area contributed by atoms with Crippen LogP contribution in [0.4, 0.5) is 0 Å². The van der Waals surface area contributed by atoms with Crippen LogP contribution in [-0.2, 0) is 4.79 Å². The molecular formula is C25H20N4O4S. The summed E-state index contributed by atoms with van der Waals surface area (Å²) in [4.78, 5) is 35.0. The molecule has 0 aliphatic carbocycles. The van der Waals surface area contributed by atoms with Crippen LogP contribution in [0.2, 0.25) is 0 Å². The number of carbonyl (C=O) groups is 2. The van der Waals surface area contributed by atoms with E-state index in [1.807, 2.05) is 54.6 Å². The maximum Gasteiger partial charge on any atom is 0.270 e. The fourth-order valence-corrected chi connectivity index (χ4v) is 4.24. The fourth-order valence-electron chi connectivity index (χ4n) is 3.52. The van der Waals surface area contributed by atoms with E-state index in [-0.39, 0.29) is 11.7 Å². The molecule has 0 radical (unpaired) electrons. The van der Waals surface area contributed by atoms with E-state index in [1.165, 1.54) is 11.8 Å². The van der Waals surface area contributed by atoms with Crippen molar-refractivity contribution in [3.05, 3.63) is 78.6 Å². The number of hydrogen-bond acceptors (Lipinski definition) is 7. The number of fused-ring (bicyclic) bond motifs is 2. The summed E-state index contributed by atoms with van der Waals surface area (Å²) in [7, 11) is 0. The van der Waals surface area contributed by atoms with Crippen LogP contribution in [-0.4, -0.2) is 40.7 Å². The van der Waals surface area contributed by atoms with E-state index in [9.17, 15) is 9.59 Å². The van der Waals surface area contributed by atoms with E-state index in [4.69, 9.17) is 9.47 Å². The van der Waals surface area contributed by atoms with Crippen molar-refractivity contribution in [3.8, 4) is 22.8 Å². The van der Waals surface area contributed by atoms with Crippen molar-refractivity contribution in [1.82, 2.24) is 20.8 Å². The van der Waals surface area contributed by atoms with E-state index in [2.05, 4.69) is 20.8 Å². The zero-order valence-corrected chi connectivity index (χ0v) is 18.8. The van der Waals surface area contributed by atoms with Crippen LogP contribution in [0.5, 0.6) is 11.5 Å². The third-order valence-corrected chi connectivity index (χ3v) is 6.11. The third kappa shape index (κ3) is 4.79. The lowest BCUT2D eigenvalue weighted by molar-refractivity contribution is -0.119. The molecule has 0 saturated carbocycles. The smallest absolute Gasteiger partial charge is 0.270 e. The lowest BCUT2D eigenvalue weighted by Crippen LogP contribution is -2.42. The maximum absolute atomic E-state index is 13.0. The minimum atomic E-state index is -0.429. The molecule has 0 atom stereocenters. The summed E-state index contributed by atoms with van der Waals surface area (Å²) >= 11 is 1.34. The minimum Gasteiger partial charge on any atom is -0.486 e. The third-order valence-electron chi connectivity index (χ3n) is 5.12. The van der Waals surface area contributed by atoms with E-state index < -0.39 is 5.91 Å². The zero-order chi connectivity index (χ0) is 23.3. The molecule has 2 aromatic heterocycles. The zero-order valence-electron chi connectivity index (χ0n) is 18.0. The predicted molar refractivity (Wildman–Crippen MR) is 129 cm³/mol. The lowest BCUT2D eigenvalue weighted by atomic mass is 10.0. The van der Waals surface area contributed by atoms with Gasteiger partial charge in [0.15, 0.2) is 11.5 Å². The molecular weight excluding hydrogens is 452 g/mol. The summed E-state index contributed by atoms with van der Waals surface area (Å²) in [6.45, 7) is 1.03. The number of hydrogen-bond donors (Lipinski definition) is 2. The Morgan fingerprint density at radius 1 is 0.941 bits per heavy atom. The summed E-state index contributed by atoms with van der Waals surface area (Å²) in [5.74, 6) is 0.722. The maximum atomic E-state index is 13.0. The number of thioether (sulfide) groups is 1. The second kappa shape index (κ2) is 9.80. The van der Waals surface area contributed by atoms with Crippen LogP contribution in [0.25, 0.3) is 22.2 Å². The van der Waals surface area contributed by atoms with Crippen LogP contribution in [0.15, 0.2) is 78.0 Å².